The van der Waals surface area contributed by atoms with Gasteiger partial charge in [-0.1, -0.05) is 54.6 Å². The van der Waals surface area contributed by atoms with Crippen molar-refractivity contribution < 1.29 is 9.90 Å². The molecule has 1 atom stereocenters. The van der Waals surface area contributed by atoms with Gasteiger partial charge in [-0.05, 0) is 49.1 Å². The van der Waals surface area contributed by atoms with Crippen LogP contribution in [0, 0.1) is 0 Å². The number of carbonyl (C=O) groups is 1. The topological polar surface area (TPSA) is 37.3 Å². The van der Waals surface area contributed by atoms with Crippen LogP contribution in [0.2, 0.25) is 0 Å². The molecule has 0 amide bonds. The molecule has 0 aliphatic carbocycles. The van der Waals surface area contributed by atoms with E-state index in [1.165, 1.54) is 0 Å². The van der Waals surface area contributed by atoms with E-state index in [-0.39, 0.29) is 5.78 Å². The van der Waals surface area contributed by atoms with Crippen LogP contribution in [0.1, 0.15) is 27.6 Å². The SMILES string of the molecule is O=C(c1ccccc1C=C(Br)Br)C(O)c1ccccc1. The first-order valence-corrected chi connectivity index (χ1v) is 7.57. The van der Waals surface area contributed by atoms with Gasteiger partial charge in [-0.3, -0.25) is 4.79 Å². The van der Waals surface area contributed by atoms with E-state index in [1.807, 2.05) is 18.2 Å². The molecule has 0 fully saturated rings. The van der Waals surface area contributed by atoms with E-state index in [2.05, 4.69) is 31.9 Å². The van der Waals surface area contributed by atoms with Crippen molar-refractivity contribution in [3.63, 3.8) is 0 Å². The number of Topliss-reactive ketones (excluding diaryl/α,β-unsaturated/α-hetero) is 1. The summed E-state index contributed by atoms with van der Waals surface area (Å²) in [6.45, 7) is 0. The third-order valence-electron chi connectivity index (χ3n) is 2.85. The van der Waals surface area contributed by atoms with Crippen LogP contribution in [0.25, 0.3) is 6.08 Å². The summed E-state index contributed by atoms with van der Waals surface area (Å²) < 4.78 is 0.736. The first-order valence-electron chi connectivity index (χ1n) is 5.98. The van der Waals surface area contributed by atoms with Crippen LogP contribution >= 0.6 is 31.9 Å². The van der Waals surface area contributed by atoms with Gasteiger partial charge in [0.2, 0.25) is 0 Å². The maximum absolute atomic E-state index is 12.4. The minimum absolute atomic E-state index is 0.315. The Morgan fingerprint density at radius 1 is 1.00 bits per heavy atom. The third kappa shape index (κ3) is 3.66. The molecule has 0 aliphatic heterocycles. The van der Waals surface area contributed by atoms with Gasteiger partial charge in [0, 0.05) is 5.56 Å². The molecule has 0 saturated carbocycles. The lowest BCUT2D eigenvalue weighted by atomic mass is 9.96. The Labute approximate surface area is 134 Å². The van der Waals surface area contributed by atoms with Crippen molar-refractivity contribution in [2.24, 2.45) is 0 Å². The number of aliphatic hydroxyl groups excluding tert-OH is 1. The van der Waals surface area contributed by atoms with E-state index < -0.39 is 6.10 Å². The second-order valence-corrected chi connectivity index (χ2v) is 6.97. The Balaban J connectivity index is 2.37. The maximum Gasteiger partial charge on any atom is 0.196 e. The lowest BCUT2D eigenvalue weighted by Crippen LogP contribution is -2.13. The Hall–Kier alpha value is -1.23. The second kappa shape index (κ2) is 6.97. The third-order valence-corrected chi connectivity index (χ3v) is 3.31. The van der Waals surface area contributed by atoms with Gasteiger partial charge < -0.3 is 5.11 Å². The maximum atomic E-state index is 12.4. The van der Waals surface area contributed by atoms with Gasteiger partial charge >= 0.3 is 0 Å². The summed E-state index contributed by atoms with van der Waals surface area (Å²) >= 11 is 6.56. The zero-order chi connectivity index (χ0) is 14.5. The van der Waals surface area contributed by atoms with Crippen LogP contribution in [-0.4, -0.2) is 10.9 Å². The van der Waals surface area contributed by atoms with E-state index in [4.69, 9.17) is 0 Å². The molecular formula is C16H12Br2O2. The van der Waals surface area contributed by atoms with E-state index in [0.717, 1.165) is 8.96 Å². The number of benzene rings is 2. The highest BCUT2D eigenvalue weighted by molar-refractivity contribution is 9.28. The molecule has 0 saturated heterocycles. The molecule has 2 aromatic carbocycles. The van der Waals surface area contributed by atoms with Crippen LogP contribution in [0.15, 0.2) is 58.0 Å². The summed E-state index contributed by atoms with van der Waals surface area (Å²) in [5.74, 6) is -0.315. The fourth-order valence-electron chi connectivity index (χ4n) is 1.90. The smallest absolute Gasteiger partial charge is 0.196 e. The predicted octanol–water partition coefficient (Wildman–Crippen LogP) is 4.69. The summed E-state index contributed by atoms with van der Waals surface area (Å²) in [6.07, 6.45) is 0.630. The number of hydrogen-bond acceptors (Lipinski definition) is 2. The molecule has 0 radical (unpaired) electrons. The molecule has 0 heterocycles. The van der Waals surface area contributed by atoms with Crippen molar-refractivity contribution >= 4 is 43.7 Å². The van der Waals surface area contributed by atoms with E-state index >= 15 is 0 Å². The molecular weight excluding hydrogens is 384 g/mol. The Kier molecular flexibility index (Phi) is 5.29. The predicted molar refractivity (Wildman–Crippen MR) is 88.0 cm³/mol. The summed E-state index contributed by atoms with van der Waals surface area (Å²) in [7, 11) is 0. The van der Waals surface area contributed by atoms with Crippen LogP contribution in [-0.2, 0) is 0 Å². The molecule has 0 spiro atoms. The Morgan fingerprint density at radius 3 is 2.25 bits per heavy atom. The first-order chi connectivity index (χ1) is 9.59. The van der Waals surface area contributed by atoms with Crippen molar-refractivity contribution in [1.29, 1.82) is 0 Å². The molecule has 20 heavy (non-hydrogen) atoms. The standard InChI is InChI=1S/C16H12Br2O2/c17-14(18)10-12-8-4-5-9-13(12)16(20)15(19)11-6-2-1-3-7-11/h1-10,15,19H. The number of hydrogen-bond donors (Lipinski definition) is 1. The van der Waals surface area contributed by atoms with Gasteiger partial charge in [0.15, 0.2) is 5.78 Å². The lowest BCUT2D eigenvalue weighted by molar-refractivity contribution is 0.0747. The van der Waals surface area contributed by atoms with Crippen molar-refractivity contribution in [1.82, 2.24) is 0 Å². The molecule has 4 heteroatoms. The van der Waals surface area contributed by atoms with Crippen LogP contribution in [0.3, 0.4) is 0 Å². The molecule has 0 aliphatic rings. The second-order valence-electron chi connectivity index (χ2n) is 4.20. The molecule has 2 rings (SSSR count). The highest BCUT2D eigenvalue weighted by atomic mass is 79.9. The minimum atomic E-state index is -1.15. The Morgan fingerprint density at radius 2 is 1.60 bits per heavy atom. The Bertz CT molecular complexity index is 632. The zero-order valence-electron chi connectivity index (χ0n) is 10.5. The van der Waals surface area contributed by atoms with Crippen LogP contribution in [0.4, 0.5) is 0 Å². The summed E-state index contributed by atoms with van der Waals surface area (Å²) in [6, 6.07) is 16.1. The van der Waals surface area contributed by atoms with E-state index in [9.17, 15) is 9.90 Å². The zero-order valence-corrected chi connectivity index (χ0v) is 13.6. The number of halogens is 2. The average Bonchev–Trinajstić information content (AvgIpc) is 2.46. The van der Waals surface area contributed by atoms with E-state index in [0.29, 0.717) is 11.1 Å². The highest BCUT2D eigenvalue weighted by Gasteiger charge is 2.20. The van der Waals surface area contributed by atoms with Gasteiger partial charge in [0.1, 0.15) is 6.10 Å². The molecule has 2 nitrogen and oxygen atoms in total. The normalized spacial score (nSPS) is 11.8. The molecule has 1 N–H and O–H groups in total. The van der Waals surface area contributed by atoms with Crippen LogP contribution < -0.4 is 0 Å². The average molecular weight is 396 g/mol. The quantitative estimate of drug-likeness (QED) is 0.762. The number of aliphatic hydroxyl groups is 1. The monoisotopic (exact) mass is 394 g/mol. The van der Waals surface area contributed by atoms with Gasteiger partial charge in [0.05, 0.1) is 3.39 Å². The summed E-state index contributed by atoms with van der Waals surface area (Å²) in [5.41, 5.74) is 1.82. The minimum Gasteiger partial charge on any atom is -0.380 e. The number of ketones is 1. The molecule has 0 bridgehead atoms. The van der Waals surface area contributed by atoms with Gasteiger partial charge in [-0.15, -0.1) is 0 Å². The highest BCUT2D eigenvalue weighted by Crippen LogP contribution is 2.24. The van der Waals surface area contributed by atoms with Gasteiger partial charge in [-0.2, -0.15) is 0 Å². The van der Waals surface area contributed by atoms with Crippen molar-refractivity contribution in [3.8, 4) is 0 Å². The van der Waals surface area contributed by atoms with Gasteiger partial charge in [-0.25, -0.2) is 0 Å². The number of rotatable bonds is 4. The largest absolute Gasteiger partial charge is 0.380 e. The molecule has 0 aromatic heterocycles. The number of carbonyl (C=O) groups excluding carboxylic acids is 1. The summed E-state index contributed by atoms with van der Waals surface area (Å²) in [4.78, 5) is 12.4. The molecule has 102 valence electrons. The van der Waals surface area contributed by atoms with Gasteiger partial charge in [0.25, 0.3) is 0 Å². The van der Waals surface area contributed by atoms with E-state index in [1.54, 1.807) is 42.5 Å². The lowest BCUT2D eigenvalue weighted by Gasteiger charge is -2.12. The van der Waals surface area contributed by atoms with Crippen LogP contribution in [0.5, 0.6) is 0 Å². The first kappa shape index (κ1) is 15.2. The fourth-order valence-corrected chi connectivity index (χ4v) is 2.39. The molecule has 2 aromatic rings. The van der Waals surface area contributed by atoms with Crippen molar-refractivity contribution in [2.75, 3.05) is 0 Å². The summed E-state index contributed by atoms with van der Waals surface area (Å²) in [5, 5.41) is 10.2. The molecule has 1 unspecified atom stereocenters. The fraction of sp³-hybridized carbons (Fsp3) is 0.0625. The van der Waals surface area contributed by atoms with Crippen molar-refractivity contribution in [2.45, 2.75) is 6.10 Å². The van der Waals surface area contributed by atoms with Crippen molar-refractivity contribution in [3.05, 3.63) is 74.7 Å².